The Labute approximate surface area is 84.4 Å². The van der Waals surface area contributed by atoms with E-state index in [9.17, 15) is 4.79 Å². The van der Waals surface area contributed by atoms with Gasteiger partial charge in [-0.05, 0) is 19.3 Å². The van der Waals surface area contributed by atoms with Crippen LogP contribution in [0.2, 0.25) is 0 Å². The maximum atomic E-state index is 11.1. The van der Waals surface area contributed by atoms with Crippen molar-refractivity contribution in [1.82, 2.24) is 4.90 Å². The number of amides is 1. The van der Waals surface area contributed by atoms with Crippen LogP contribution in [0.3, 0.4) is 0 Å². The minimum atomic E-state index is -0.00856. The SMILES string of the molecule is CC(=O)N1CCC2(CC1)CC(N)CO2. The van der Waals surface area contributed by atoms with Gasteiger partial charge in [-0.2, -0.15) is 0 Å². The number of nitrogens with zero attached hydrogens (tertiary/aromatic N) is 1. The largest absolute Gasteiger partial charge is 0.373 e. The first kappa shape index (κ1) is 9.93. The number of nitrogens with two attached hydrogens (primary N) is 1. The maximum Gasteiger partial charge on any atom is 0.219 e. The smallest absolute Gasteiger partial charge is 0.219 e. The van der Waals surface area contributed by atoms with Crippen LogP contribution in [0.15, 0.2) is 0 Å². The summed E-state index contributed by atoms with van der Waals surface area (Å²) in [5.74, 6) is 0.169. The van der Waals surface area contributed by atoms with Gasteiger partial charge in [-0.15, -0.1) is 0 Å². The van der Waals surface area contributed by atoms with E-state index in [-0.39, 0.29) is 17.6 Å². The summed E-state index contributed by atoms with van der Waals surface area (Å²) in [6, 6.07) is 0.193. The average molecular weight is 198 g/mol. The van der Waals surface area contributed by atoms with Gasteiger partial charge in [-0.1, -0.05) is 0 Å². The molecule has 0 aliphatic carbocycles. The standard InChI is InChI=1S/C10H18N2O2/c1-8(13)12-4-2-10(3-5-12)6-9(11)7-14-10/h9H,2-7,11H2,1H3. The number of hydrogen-bond donors (Lipinski definition) is 1. The summed E-state index contributed by atoms with van der Waals surface area (Å²) in [7, 11) is 0. The normalized spacial score (nSPS) is 31.0. The summed E-state index contributed by atoms with van der Waals surface area (Å²) >= 11 is 0. The molecule has 2 aliphatic rings. The number of carbonyl (C=O) groups is 1. The zero-order valence-electron chi connectivity index (χ0n) is 8.66. The van der Waals surface area contributed by atoms with Crippen LogP contribution in [-0.2, 0) is 9.53 Å². The molecule has 80 valence electrons. The molecule has 2 saturated heterocycles. The maximum absolute atomic E-state index is 11.1. The van der Waals surface area contributed by atoms with E-state index in [2.05, 4.69) is 0 Å². The topological polar surface area (TPSA) is 55.6 Å². The number of carbonyl (C=O) groups excluding carboxylic acids is 1. The molecule has 2 aliphatic heterocycles. The summed E-state index contributed by atoms with van der Waals surface area (Å²) in [5.41, 5.74) is 5.82. The fourth-order valence-corrected chi connectivity index (χ4v) is 2.46. The number of ether oxygens (including phenoxy) is 1. The molecule has 1 spiro atoms. The summed E-state index contributed by atoms with van der Waals surface area (Å²) in [6.07, 6.45) is 2.85. The zero-order valence-corrected chi connectivity index (χ0v) is 8.66. The third-order valence-corrected chi connectivity index (χ3v) is 3.36. The highest BCUT2D eigenvalue weighted by atomic mass is 16.5. The first-order valence-corrected chi connectivity index (χ1v) is 5.26. The van der Waals surface area contributed by atoms with Crippen molar-refractivity contribution in [1.29, 1.82) is 0 Å². The van der Waals surface area contributed by atoms with Gasteiger partial charge in [0.1, 0.15) is 0 Å². The number of likely N-dealkylation sites (tertiary alicyclic amines) is 1. The average Bonchev–Trinajstić information content (AvgIpc) is 2.48. The van der Waals surface area contributed by atoms with Crippen molar-refractivity contribution in [3.63, 3.8) is 0 Å². The van der Waals surface area contributed by atoms with Gasteiger partial charge in [-0.25, -0.2) is 0 Å². The van der Waals surface area contributed by atoms with Crippen molar-refractivity contribution >= 4 is 5.91 Å². The molecule has 0 aromatic heterocycles. The molecule has 1 amide bonds. The van der Waals surface area contributed by atoms with E-state index in [0.29, 0.717) is 6.61 Å². The molecule has 0 aromatic rings. The molecule has 4 nitrogen and oxygen atoms in total. The Morgan fingerprint density at radius 2 is 2.14 bits per heavy atom. The van der Waals surface area contributed by atoms with Crippen LogP contribution in [-0.4, -0.2) is 42.1 Å². The first-order valence-electron chi connectivity index (χ1n) is 5.26. The zero-order chi connectivity index (χ0) is 10.2. The van der Waals surface area contributed by atoms with Crippen LogP contribution in [0.4, 0.5) is 0 Å². The molecule has 2 N–H and O–H groups in total. The fourth-order valence-electron chi connectivity index (χ4n) is 2.46. The molecule has 4 heteroatoms. The third-order valence-electron chi connectivity index (χ3n) is 3.36. The molecule has 2 rings (SSSR count). The summed E-state index contributed by atoms with van der Waals surface area (Å²) in [5, 5.41) is 0. The fraction of sp³-hybridized carbons (Fsp3) is 0.900. The van der Waals surface area contributed by atoms with E-state index < -0.39 is 0 Å². The molecule has 2 heterocycles. The monoisotopic (exact) mass is 198 g/mol. The van der Waals surface area contributed by atoms with Crippen LogP contribution >= 0.6 is 0 Å². The number of rotatable bonds is 0. The minimum Gasteiger partial charge on any atom is -0.373 e. The van der Waals surface area contributed by atoms with Crippen molar-refractivity contribution in [2.45, 2.75) is 37.8 Å². The van der Waals surface area contributed by atoms with E-state index in [0.717, 1.165) is 32.4 Å². The predicted octanol–water partition coefficient (Wildman–Crippen LogP) is 0.115. The molecule has 1 atom stereocenters. The summed E-state index contributed by atoms with van der Waals surface area (Å²) in [4.78, 5) is 13.0. The molecular formula is C10H18N2O2. The Morgan fingerprint density at radius 3 is 2.57 bits per heavy atom. The Kier molecular flexibility index (Phi) is 2.49. The van der Waals surface area contributed by atoms with Gasteiger partial charge < -0.3 is 15.4 Å². The van der Waals surface area contributed by atoms with Crippen LogP contribution in [0.25, 0.3) is 0 Å². The van der Waals surface area contributed by atoms with Gasteiger partial charge in [-0.3, -0.25) is 4.79 Å². The van der Waals surface area contributed by atoms with Crippen LogP contribution < -0.4 is 5.73 Å². The van der Waals surface area contributed by atoms with Crippen molar-refractivity contribution in [3.05, 3.63) is 0 Å². The lowest BCUT2D eigenvalue weighted by Crippen LogP contribution is -2.46. The van der Waals surface area contributed by atoms with Gasteiger partial charge in [0.15, 0.2) is 0 Å². The van der Waals surface area contributed by atoms with Crippen molar-refractivity contribution in [3.8, 4) is 0 Å². The van der Waals surface area contributed by atoms with E-state index >= 15 is 0 Å². The Bertz CT molecular complexity index is 234. The Morgan fingerprint density at radius 1 is 1.50 bits per heavy atom. The third kappa shape index (κ3) is 1.77. The van der Waals surface area contributed by atoms with Crippen LogP contribution in [0, 0.1) is 0 Å². The number of hydrogen-bond acceptors (Lipinski definition) is 3. The van der Waals surface area contributed by atoms with Gasteiger partial charge >= 0.3 is 0 Å². The highest BCUT2D eigenvalue weighted by Gasteiger charge is 2.41. The lowest BCUT2D eigenvalue weighted by atomic mass is 9.87. The van der Waals surface area contributed by atoms with Crippen molar-refractivity contribution < 1.29 is 9.53 Å². The van der Waals surface area contributed by atoms with E-state index in [1.165, 1.54) is 0 Å². The second kappa shape index (κ2) is 3.51. The quantitative estimate of drug-likeness (QED) is 0.601. The highest BCUT2D eigenvalue weighted by Crippen LogP contribution is 2.35. The van der Waals surface area contributed by atoms with Gasteiger partial charge in [0.2, 0.25) is 5.91 Å². The molecule has 2 fully saturated rings. The molecule has 14 heavy (non-hydrogen) atoms. The second-order valence-electron chi connectivity index (χ2n) is 4.46. The van der Waals surface area contributed by atoms with Crippen molar-refractivity contribution in [2.24, 2.45) is 5.73 Å². The van der Waals surface area contributed by atoms with Crippen LogP contribution in [0.5, 0.6) is 0 Å². The number of piperidine rings is 1. The Balaban J connectivity index is 1.92. The van der Waals surface area contributed by atoms with Gasteiger partial charge in [0.05, 0.1) is 12.2 Å². The minimum absolute atomic E-state index is 0.00856. The summed E-state index contributed by atoms with van der Waals surface area (Å²) < 4.78 is 5.76. The lowest BCUT2D eigenvalue weighted by molar-refractivity contribution is -0.133. The second-order valence-corrected chi connectivity index (χ2v) is 4.46. The molecule has 0 saturated carbocycles. The van der Waals surface area contributed by atoms with Gasteiger partial charge in [0, 0.05) is 26.1 Å². The molecule has 0 bridgehead atoms. The van der Waals surface area contributed by atoms with E-state index in [1.807, 2.05) is 4.90 Å². The molecule has 0 aromatic carbocycles. The predicted molar refractivity (Wildman–Crippen MR) is 52.8 cm³/mol. The van der Waals surface area contributed by atoms with E-state index in [1.54, 1.807) is 6.92 Å². The Hall–Kier alpha value is -0.610. The molecular weight excluding hydrogens is 180 g/mol. The van der Waals surface area contributed by atoms with Crippen LogP contribution in [0.1, 0.15) is 26.2 Å². The first-order chi connectivity index (χ1) is 6.61. The van der Waals surface area contributed by atoms with Gasteiger partial charge in [0.25, 0.3) is 0 Å². The molecule has 1 unspecified atom stereocenters. The summed E-state index contributed by atoms with van der Waals surface area (Å²) in [6.45, 7) is 3.95. The highest BCUT2D eigenvalue weighted by molar-refractivity contribution is 5.73. The lowest BCUT2D eigenvalue weighted by Gasteiger charge is -2.38. The van der Waals surface area contributed by atoms with Crippen molar-refractivity contribution in [2.75, 3.05) is 19.7 Å². The molecule has 0 radical (unpaired) electrons. The van der Waals surface area contributed by atoms with E-state index in [4.69, 9.17) is 10.5 Å².